The quantitative estimate of drug-likeness (QED) is 0.849. The number of hydrogen-bond acceptors (Lipinski definition) is 3. The number of nitrogens with one attached hydrogen (secondary N) is 1. The molecular weight excluding hydrogens is 198 g/mol. The van der Waals surface area contributed by atoms with E-state index in [1.807, 2.05) is 6.92 Å². The minimum Gasteiger partial charge on any atom is -0.366 e. The maximum Gasteiger partial charge on any atom is 0.149 e. The first-order valence-electron chi connectivity index (χ1n) is 6.26. The fourth-order valence-electron chi connectivity index (χ4n) is 2.75. The summed E-state index contributed by atoms with van der Waals surface area (Å²) < 4.78 is 0. The molecule has 1 heterocycles. The van der Waals surface area contributed by atoms with E-state index in [2.05, 4.69) is 35.4 Å². The lowest BCUT2D eigenvalue weighted by Gasteiger charge is -2.21. The molecule has 0 amide bonds. The first-order chi connectivity index (χ1) is 7.70. The molecule has 0 radical (unpaired) electrons. The molecule has 16 heavy (non-hydrogen) atoms. The standard InChI is InChI=1S/C13H21N3/c1-4-11-5-6-12(10(11)3)15-13-7-9(2)8-14-16-13/h7-8,10-12H,4-6H2,1-3H3,(H,15,16). The lowest BCUT2D eigenvalue weighted by Crippen LogP contribution is -2.25. The van der Waals surface area contributed by atoms with Gasteiger partial charge in [0.15, 0.2) is 0 Å². The molecule has 0 saturated heterocycles. The van der Waals surface area contributed by atoms with E-state index < -0.39 is 0 Å². The monoisotopic (exact) mass is 219 g/mol. The van der Waals surface area contributed by atoms with Gasteiger partial charge in [0, 0.05) is 6.04 Å². The summed E-state index contributed by atoms with van der Waals surface area (Å²) in [5.74, 6) is 2.54. The van der Waals surface area contributed by atoms with Crippen molar-refractivity contribution in [2.45, 2.75) is 46.1 Å². The Balaban J connectivity index is 2.00. The van der Waals surface area contributed by atoms with Crippen molar-refractivity contribution in [1.29, 1.82) is 0 Å². The predicted octanol–water partition coefficient (Wildman–Crippen LogP) is 3.02. The lowest BCUT2D eigenvalue weighted by atomic mass is 9.93. The van der Waals surface area contributed by atoms with Crippen LogP contribution in [0.15, 0.2) is 12.3 Å². The average Bonchev–Trinajstić information content (AvgIpc) is 2.60. The molecule has 0 aromatic carbocycles. The molecule has 1 aromatic heterocycles. The van der Waals surface area contributed by atoms with Gasteiger partial charge in [-0.25, -0.2) is 0 Å². The summed E-state index contributed by atoms with van der Waals surface area (Å²) in [7, 11) is 0. The van der Waals surface area contributed by atoms with Gasteiger partial charge in [0.2, 0.25) is 0 Å². The third kappa shape index (κ3) is 2.34. The third-order valence-electron chi connectivity index (χ3n) is 3.88. The van der Waals surface area contributed by atoms with E-state index >= 15 is 0 Å². The van der Waals surface area contributed by atoms with E-state index in [1.165, 1.54) is 19.3 Å². The van der Waals surface area contributed by atoms with Crippen LogP contribution < -0.4 is 5.32 Å². The van der Waals surface area contributed by atoms with Gasteiger partial charge in [-0.2, -0.15) is 5.10 Å². The highest BCUT2D eigenvalue weighted by Crippen LogP contribution is 2.35. The zero-order valence-electron chi connectivity index (χ0n) is 10.4. The second kappa shape index (κ2) is 4.81. The van der Waals surface area contributed by atoms with Gasteiger partial charge < -0.3 is 5.32 Å². The lowest BCUT2D eigenvalue weighted by molar-refractivity contribution is 0.391. The third-order valence-corrected chi connectivity index (χ3v) is 3.88. The Morgan fingerprint density at radius 2 is 2.25 bits per heavy atom. The van der Waals surface area contributed by atoms with E-state index in [0.717, 1.165) is 23.2 Å². The molecule has 1 aromatic rings. The van der Waals surface area contributed by atoms with Crippen LogP contribution >= 0.6 is 0 Å². The van der Waals surface area contributed by atoms with E-state index in [1.54, 1.807) is 6.20 Å². The summed E-state index contributed by atoms with van der Waals surface area (Å²) in [6, 6.07) is 2.64. The van der Waals surface area contributed by atoms with Crippen LogP contribution in [-0.2, 0) is 0 Å². The Bertz CT molecular complexity index is 351. The molecule has 1 N–H and O–H groups in total. The average molecular weight is 219 g/mol. The Labute approximate surface area is 97.7 Å². The maximum atomic E-state index is 4.13. The topological polar surface area (TPSA) is 37.8 Å². The Morgan fingerprint density at radius 1 is 1.44 bits per heavy atom. The molecule has 3 heteroatoms. The predicted molar refractivity (Wildman–Crippen MR) is 66.4 cm³/mol. The summed E-state index contributed by atoms with van der Waals surface area (Å²) in [6.07, 6.45) is 5.68. The van der Waals surface area contributed by atoms with Gasteiger partial charge in [0.05, 0.1) is 6.20 Å². The van der Waals surface area contributed by atoms with Crippen molar-refractivity contribution in [2.24, 2.45) is 11.8 Å². The summed E-state index contributed by atoms with van der Waals surface area (Å²) in [5, 5.41) is 11.6. The summed E-state index contributed by atoms with van der Waals surface area (Å²) >= 11 is 0. The van der Waals surface area contributed by atoms with Crippen LogP contribution in [0.2, 0.25) is 0 Å². The zero-order valence-corrected chi connectivity index (χ0v) is 10.4. The van der Waals surface area contributed by atoms with Crippen LogP contribution in [0.3, 0.4) is 0 Å². The first kappa shape index (κ1) is 11.4. The molecule has 0 bridgehead atoms. The summed E-state index contributed by atoms with van der Waals surface area (Å²) in [4.78, 5) is 0. The minimum atomic E-state index is 0.570. The van der Waals surface area contributed by atoms with Crippen LogP contribution in [0.5, 0.6) is 0 Å². The SMILES string of the molecule is CCC1CCC(Nc2cc(C)cnn2)C1C. The van der Waals surface area contributed by atoms with Crippen LogP contribution in [0.1, 0.15) is 38.7 Å². The number of aryl methyl sites for hydroxylation is 1. The molecule has 3 nitrogen and oxygen atoms in total. The molecule has 88 valence electrons. The second-order valence-electron chi connectivity index (χ2n) is 4.97. The molecular formula is C13H21N3. The first-order valence-corrected chi connectivity index (χ1v) is 6.26. The number of anilines is 1. The molecule has 1 saturated carbocycles. The highest BCUT2D eigenvalue weighted by molar-refractivity contribution is 5.36. The fourth-order valence-corrected chi connectivity index (χ4v) is 2.75. The van der Waals surface area contributed by atoms with Gasteiger partial charge >= 0.3 is 0 Å². The maximum absolute atomic E-state index is 4.13. The van der Waals surface area contributed by atoms with Crippen molar-refractivity contribution >= 4 is 5.82 Å². The largest absolute Gasteiger partial charge is 0.366 e. The van der Waals surface area contributed by atoms with Crippen molar-refractivity contribution < 1.29 is 0 Å². The molecule has 3 atom stereocenters. The number of rotatable bonds is 3. The second-order valence-corrected chi connectivity index (χ2v) is 4.97. The van der Waals surface area contributed by atoms with Gasteiger partial charge in [-0.05, 0) is 43.2 Å². The van der Waals surface area contributed by atoms with E-state index in [0.29, 0.717) is 6.04 Å². The van der Waals surface area contributed by atoms with Crippen LogP contribution in [0, 0.1) is 18.8 Å². The van der Waals surface area contributed by atoms with Gasteiger partial charge in [0.1, 0.15) is 5.82 Å². The van der Waals surface area contributed by atoms with Crippen LogP contribution in [-0.4, -0.2) is 16.2 Å². The molecule has 2 rings (SSSR count). The summed E-state index contributed by atoms with van der Waals surface area (Å²) in [5.41, 5.74) is 1.16. The number of hydrogen-bond donors (Lipinski definition) is 1. The fraction of sp³-hybridized carbons (Fsp3) is 0.692. The van der Waals surface area contributed by atoms with Crippen LogP contribution in [0.25, 0.3) is 0 Å². The smallest absolute Gasteiger partial charge is 0.149 e. The van der Waals surface area contributed by atoms with E-state index in [-0.39, 0.29) is 0 Å². The Hall–Kier alpha value is -1.12. The van der Waals surface area contributed by atoms with E-state index in [4.69, 9.17) is 0 Å². The normalized spacial score (nSPS) is 29.3. The zero-order chi connectivity index (χ0) is 11.5. The molecule has 1 fully saturated rings. The Morgan fingerprint density at radius 3 is 2.88 bits per heavy atom. The van der Waals surface area contributed by atoms with Crippen molar-refractivity contribution in [2.75, 3.05) is 5.32 Å². The van der Waals surface area contributed by atoms with Crippen molar-refractivity contribution in [3.05, 3.63) is 17.8 Å². The highest BCUT2D eigenvalue weighted by Gasteiger charge is 2.31. The van der Waals surface area contributed by atoms with Gasteiger partial charge in [0.25, 0.3) is 0 Å². The number of aromatic nitrogens is 2. The van der Waals surface area contributed by atoms with Gasteiger partial charge in [-0.1, -0.05) is 20.3 Å². The van der Waals surface area contributed by atoms with Gasteiger partial charge in [-0.3, -0.25) is 0 Å². The molecule has 1 aliphatic carbocycles. The minimum absolute atomic E-state index is 0.570. The molecule has 1 aliphatic rings. The van der Waals surface area contributed by atoms with Gasteiger partial charge in [-0.15, -0.1) is 5.10 Å². The van der Waals surface area contributed by atoms with E-state index in [9.17, 15) is 0 Å². The Kier molecular flexibility index (Phi) is 3.42. The van der Waals surface area contributed by atoms with Crippen LogP contribution in [0.4, 0.5) is 5.82 Å². The number of nitrogens with zero attached hydrogens (tertiary/aromatic N) is 2. The van der Waals surface area contributed by atoms with Crippen molar-refractivity contribution in [1.82, 2.24) is 10.2 Å². The van der Waals surface area contributed by atoms with Crippen molar-refractivity contribution in [3.8, 4) is 0 Å². The molecule has 0 spiro atoms. The highest BCUT2D eigenvalue weighted by atomic mass is 15.2. The molecule has 3 unspecified atom stereocenters. The molecule has 0 aliphatic heterocycles. The van der Waals surface area contributed by atoms with Crippen molar-refractivity contribution in [3.63, 3.8) is 0 Å². The summed E-state index contributed by atoms with van der Waals surface area (Å²) in [6.45, 7) is 6.69.